The van der Waals surface area contributed by atoms with Crippen LogP contribution in [0.1, 0.15) is 30.0 Å². The molecule has 2 aliphatic rings. The van der Waals surface area contributed by atoms with Gasteiger partial charge >= 0.3 is 0 Å². The van der Waals surface area contributed by atoms with Gasteiger partial charge < -0.3 is 4.90 Å². The Morgan fingerprint density at radius 1 is 0.920 bits per heavy atom. The molecule has 0 unspecified atom stereocenters. The van der Waals surface area contributed by atoms with E-state index in [4.69, 9.17) is 0 Å². The minimum absolute atomic E-state index is 0.0593. The molecular weight excluding hydrogens is 336 g/mol. The summed E-state index contributed by atoms with van der Waals surface area (Å²) in [4.78, 5) is 2.11. The molecule has 1 saturated carbocycles. The quantitative estimate of drug-likeness (QED) is 0.818. The zero-order valence-electron chi connectivity index (χ0n) is 14.1. The second kappa shape index (κ2) is 6.72. The average molecular weight is 358 g/mol. The summed E-state index contributed by atoms with van der Waals surface area (Å²) in [6.45, 7) is 2.26. The summed E-state index contributed by atoms with van der Waals surface area (Å²) in [7, 11) is -3.28. The number of hydrogen-bond donors (Lipinski definition) is 0. The molecule has 0 bridgehead atoms. The number of anilines is 1. The summed E-state index contributed by atoms with van der Waals surface area (Å²) in [5, 5.41) is 8.64. The van der Waals surface area contributed by atoms with Gasteiger partial charge in [-0.25, -0.2) is 8.42 Å². The van der Waals surface area contributed by atoms with Crippen LogP contribution in [0.5, 0.6) is 0 Å². The number of piperazine rings is 1. The van der Waals surface area contributed by atoms with Crippen LogP contribution < -0.4 is 4.90 Å². The monoisotopic (exact) mass is 358 g/mol. The molecule has 4 rings (SSSR count). The highest BCUT2D eigenvalue weighted by Gasteiger charge is 2.28. The lowest BCUT2D eigenvalue weighted by molar-refractivity contribution is 0.383. The molecule has 25 heavy (non-hydrogen) atoms. The molecular formula is C18H22N4O2S. The lowest BCUT2D eigenvalue weighted by Crippen LogP contribution is -2.49. The van der Waals surface area contributed by atoms with E-state index in [0.717, 1.165) is 17.1 Å². The highest BCUT2D eigenvalue weighted by Crippen LogP contribution is 2.38. The first-order valence-electron chi connectivity index (χ1n) is 8.72. The Labute approximate surface area is 148 Å². The Bertz CT molecular complexity index is 812. The molecule has 1 aliphatic heterocycles. The lowest BCUT2D eigenvalue weighted by atomic mass is 10.2. The fraction of sp³-hybridized carbons (Fsp3) is 0.444. The second-order valence-corrected chi connectivity index (χ2v) is 8.69. The van der Waals surface area contributed by atoms with Crippen LogP contribution >= 0.6 is 0 Å². The van der Waals surface area contributed by atoms with Gasteiger partial charge in [0, 0.05) is 32.1 Å². The summed E-state index contributed by atoms with van der Waals surface area (Å²) in [6, 6.07) is 13.4. The molecule has 132 valence electrons. The van der Waals surface area contributed by atoms with E-state index >= 15 is 0 Å². The van der Waals surface area contributed by atoms with Crippen LogP contribution in [0.4, 0.5) is 5.82 Å². The Kier molecular flexibility index (Phi) is 4.43. The Hall–Kier alpha value is -1.99. The molecule has 0 spiro atoms. The predicted molar refractivity (Wildman–Crippen MR) is 96.9 cm³/mol. The molecule has 1 aliphatic carbocycles. The fourth-order valence-corrected chi connectivity index (χ4v) is 4.69. The van der Waals surface area contributed by atoms with Gasteiger partial charge in [0.1, 0.15) is 0 Å². The third-order valence-electron chi connectivity index (χ3n) is 4.81. The van der Waals surface area contributed by atoms with Crippen molar-refractivity contribution < 1.29 is 8.42 Å². The first-order chi connectivity index (χ1) is 12.1. The number of benzene rings is 1. The van der Waals surface area contributed by atoms with Gasteiger partial charge in [0.15, 0.2) is 5.82 Å². The molecule has 2 aromatic rings. The van der Waals surface area contributed by atoms with Gasteiger partial charge in [0.05, 0.1) is 11.4 Å². The van der Waals surface area contributed by atoms with Crippen LogP contribution in [0.3, 0.4) is 0 Å². The summed E-state index contributed by atoms with van der Waals surface area (Å²) < 4.78 is 26.8. The molecule has 0 amide bonds. The van der Waals surface area contributed by atoms with Gasteiger partial charge in [-0.3, -0.25) is 0 Å². The van der Waals surface area contributed by atoms with Crippen molar-refractivity contribution in [2.24, 2.45) is 0 Å². The molecule has 7 heteroatoms. The zero-order chi connectivity index (χ0) is 17.3. The van der Waals surface area contributed by atoms with Gasteiger partial charge in [-0.1, -0.05) is 30.3 Å². The molecule has 2 heterocycles. The van der Waals surface area contributed by atoms with Crippen molar-refractivity contribution >= 4 is 15.8 Å². The number of nitrogens with zero attached hydrogens (tertiary/aromatic N) is 4. The maximum absolute atomic E-state index is 12.6. The summed E-state index contributed by atoms with van der Waals surface area (Å²) in [6.07, 6.45) is 2.43. The van der Waals surface area contributed by atoms with E-state index in [2.05, 4.69) is 21.2 Å². The third-order valence-corrected chi connectivity index (χ3v) is 6.66. The first kappa shape index (κ1) is 16.5. The van der Waals surface area contributed by atoms with E-state index in [9.17, 15) is 8.42 Å². The molecule has 0 N–H and O–H groups in total. The predicted octanol–water partition coefficient (Wildman–Crippen LogP) is 2.01. The maximum Gasteiger partial charge on any atom is 0.218 e. The van der Waals surface area contributed by atoms with Gasteiger partial charge in [-0.05, 0) is 30.5 Å². The average Bonchev–Trinajstić information content (AvgIpc) is 3.48. The smallest absolute Gasteiger partial charge is 0.218 e. The molecule has 1 saturated heterocycles. The summed E-state index contributed by atoms with van der Waals surface area (Å²) in [5.41, 5.74) is 1.90. The van der Waals surface area contributed by atoms with E-state index in [1.165, 1.54) is 12.8 Å². The summed E-state index contributed by atoms with van der Waals surface area (Å²) >= 11 is 0. The van der Waals surface area contributed by atoms with Crippen LogP contribution in [0.25, 0.3) is 0 Å². The van der Waals surface area contributed by atoms with Crippen molar-refractivity contribution in [2.45, 2.75) is 24.5 Å². The van der Waals surface area contributed by atoms with E-state index < -0.39 is 10.0 Å². The second-order valence-electron chi connectivity index (χ2n) is 6.72. The highest BCUT2D eigenvalue weighted by molar-refractivity contribution is 7.88. The molecule has 1 aromatic heterocycles. The fourth-order valence-electron chi connectivity index (χ4n) is 3.17. The third kappa shape index (κ3) is 3.82. The molecule has 0 atom stereocenters. The van der Waals surface area contributed by atoms with Crippen molar-refractivity contribution in [2.75, 3.05) is 31.1 Å². The van der Waals surface area contributed by atoms with Crippen molar-refractivity contribution in [1.82, 2.24) is 14.5 Å². The van der Waals surface area contributed by atoms with Crippen molar-refractivity contribution in [3.63, 3.8) is 0 Å². The van der Waals surface area contributed by atoms with Gasteiger partial charge in [-0.2, -0.15) is 9.40 Å². The Morgan fingerprint density at radius 3 is 2.24 bits per heavy atom. The van der Waals surface area contributed by atoms with Crippen LogP contribution in [-0.4, -0.2) is 49.1 Å². The Morgan fingerprint density at radius 2 is 1.64 bits per heavy atom. The SMILES string of the molecule is O=S(=O)(Cc1ccccc1)N1CCN(c2ccc(C3CC3)nn2)CC1. The van der Waals surface area contributed by atoms with E-state index in [-0.39, 0.29) is 5.75 Å². The van der Waals surface area contributed by atoms with Crippen molar-refractivity contribution in [3.8, 4) is 0 Å². The normalized spacial score (nSPS) is 19.1. The van der Waals surface area contributed by atoms with Gasteiger partial charge in [0.2, 0.25) is 10.0 Å². The number of aromatic nitrogens is 2. The van der Waals surface area contributed by atoms with Crippen molar-refractivity contribution in [1.29, 1.82) is 0 Å². The minimum Gasteiger partial charge on any atom is -0.352 e. The highest BCUT2D eigenvalue weighted by atomic mass is 32.2. The van der Waals surface area contributed by atoms with Crippen molar-refractivity contribution in [3.05, 3.63) is 53.7 Å². The van der Waals surface area contributed by atoms with Crippen LogP contribution in [0, 0.1) is 0 Å². The standard InChI is InChI=1S/C18H22N4O2S/c23-25(24,14-15-4-2-1-3-5-15)22-12-10-21(11-13-22)18-9-8-17(19-20-18)16-6-7-16/h1-5,8-9,16H,6-7,10-14H2. The van der Waals surface area contributed by atoms with Gasteiger partial charge in [-0.15, -0.1) is 5.10 Å². The van der Waals surface area contributed by atoms with Gasteiger partial charge in [0.25, 0.3) is 0 Å². The Balaban J connectivity index is 1.37. The van der Waals surface area contributed by atoms with E-state index in [0.29, 0.717) is 32.1 Å². The molecule has 2 fully saturated rings. The van der Waals surface area contributed by atoms with Crippen LogP contribution in [0.15, 0.2) is 42.5 Å². The summed E-state index contributed by atoms with van der Waals surface area (Å²) in [5.74, 6) is 1.50. The first-order valence-corrected chi connectivity index (χ1v) is 10.3. The number of sulfonamides is 1. The lowest BCUT2D eigenvalue weighted by Gasteiger charge is -2.34. The van der Waals surface area contributed by atoms with Crippen LogP contribution in [0.2, 0.25) is 0 Å². The zero-order valence-corrected chi connectivity index (χ0v) is 14.9. The molecule has 6 nitrogen and oxygen atoms in total. The largest absolute Gasteiger partial charge is 0.352 e. The van der Waals surface area contributed by atoms with E-state index in [1.54, 1.807) is 4.31 Å². The molecule has 0 radical (unpaired) electrons. The van der Waals surface area contributed by atoms with E-state index in [1.807, 2.05) is 36.4 Å². The molecule has 1 aromatic carbocycles. The topological polar surface area (TPSA) is 66.4 Å². The van der Waals surface area contributed by atoms with Crippen LogP contribution in [-0.2, 0) is 15.8 Å². The number of rotatable bonds is 5. The minimum atomic E-state index is -3.28. The maximum atomic E-state index is 12.6. The number of hydrogen-bond acceptors (Lipinski definition) is 5.